The summed E-state index contributed by atoms with van der Waals surface area (Å²) in [6, 6.07) is 3.27. The highest BCUT2D eigenvalue weighted by atomic mass is 19.1. The van der Waals surface area contributed by atoms with Crippen LogP contribution in [0.1, 0.15) is 12.0 Å². The van der Waals surface area contributed by atoms with Crippen LogP contribution in [0.2, 0.25) is 0 Å². The van der Waals surface area contributed by atoms with Gasteiger partial charge in [-0.25, -0.2) is 8.78 Å². The molecule has 0 radical (unpaired) electrons. The lowest BCUT2D eigenvalue weighted by molar-refractivity contribution is -0.139. The number of hydrogen-bond donors (Lipinski definition) is 2. The summed E-state index contributed by atoms with van der Waals surface area (Å²) in [5.74, 6) is -2.40. The third-order valence-electron chi connectivity index (χ3n) is 2.39. The molecule has 1 unspecified atom stereocenters. The van der Waals surface area contributed by atoms with Crippen LogP contribution in [0.4, 0.5) is 8.78 Å². The fourth-order valence-corrected chi connectivity index (χ4v) is 1.63. The van der Waals surface area contributed by atoms with Crippen molar-refractivity contribution in [3.8, 4) is 0 Å². The van der Waals surface area contributed by atoms with Gasteiger partial charge in [-0.1, -0.05) is 6.07 Å². The predicted molar refractivity (Wildman–Crippen MR) is 61.0 cm³/mol. The number of carboxylic acids is 1. The number of aliphatic carboxylic acids is 1. The second-order valence-corrected chi connectivity index (χ2v) is 4.18. The first-order valence-electron chi connectivity index (χ1n) is 5.41. The molecule has 0 aromatic heterocycles. The molecule has 1 aromatic carbocycles. The SMILES string of the molecule is CN(Cc1ccc(F)cc1F)CC(O)CC(=O)O. The molecule has 1 aromatic rings. The molecular formula is C12H15F2NO3. The molecule has 18 heavy (non-hydrogen) atoms. The van der Waals surface area contributed by atoms with Gasteiger partial charge in [0, 0.05) is 24.7 Å². The lowest BCUT2D eigenvalue weighted by atomic mass is 10.2. The van der Waals surface area contributed by atoms with Crippen LogP contribution >= 0.6 is 0 Å². The topological polar surface area (TPSA) is 60.8 Å². The van der Waals surface area contributed by atoms with E-state index in [1.165, 1.54) is 6.07 Å². The van der Waals surface area contributed by atoms with Crippen LogP contribution in [0.3, 0.4) is 0 Å². The molecule has 0 amide bonds. The second kappa shape index (κ2) is 6.42. The first kappa shape index (κ1) is 14.5. The maximum Gasteiger partial charge on any atom is 0.306 e. The van der Waals surface area contributed by atoms with Crippen molar-refractivity contribution in [2.24, 2.45) is 0 Å². The number of carboxylic acid groups (broad SMARTS) is 1. The molecule has 0 spiro atoms. The number of nitrogens with zero attached hydrogens (tertiary/aromatic N) is 1. The van der Waals surface area contributed by atoms with Crippen molar-refractivity contribution >= 4 is 5.97 Å². The van der Waals surface area contributed by atoms with Crippen LogP contribution < -0.4 is 0 Å². The summed E-state index contributed by atoms with van der Waals surface area (Å²) in [6.07, 6.45) is -1.38. The Morgan fingerprint density at radius 2 is 2.11 bits per heavy atom. The molecule has 0 fully saturated rings. The second-order valence-electron chi connectivity index (χ2n) is 4.18. The van der Waals surface area contributed by atoms with Gasteiger partial charge >= 0.3 is 5.97 Å². The minimum Gasteiger partial charge on any atom is -0.481 e. The first-order valence-corrected chi connectivity index (χ1v) is 5.41. The Morgan fingerprint density at radius 3 is 2.67 bits per heavy atom. The van der Waals surface area contributed by atoms with Gasteiger partial charge in [0.15, 0.2) is 0 Å². The van der Waals surface area contributed by atoms with Crippen molar-refractivity contribution in [2.75, 3.05) is 13.6 Å². The van der Waals surface area contributed by atoms with Crippen LogP contribution in [0.15, 0.2) is 18.2 Å². The van der Waals surface area contributed by atoms with Crippen molar-refractivity contribution in [3.63, 3.8) is 0 Å². The Labute approximate surface area is 103 Å². The molecule has 4 nitrogen and oxygen atoms in total. The van der Waals surface area contributed by atoms with Crippen LogP contribution in [0.5, 0.6) is 0 Å². The van der Waals surface area contributed by atoms with Gasteiger partial charge < -0.3 is 10.2 Å². The third-order valence-corrected chi connectivity index (χ3v) is 2.39. The minimum absolute atomic E-state index is 0.100. The summed E-state index contributed by atoms with van der Waals surface area (Å²) in [5, 5.41) is 17.9. The van der Waals surface area contributed by atoms with Crippen molar-refractivity contribution in [1.29, 1.82) is 0 Å². The normalized spacial score (nSPS) is 12.7. The molecule has 0 bridgehead atoms. The van der Waals surface area contributed by atoms with E-state index < -0.39 is 23.7 Å². The standard InChI is InChI=1S/C12H15F2NO3/c1-15(7-10(16)5-12(17)18)6-8-2-3-9(13)4-11(8)14/h2-4,10,16H,5-7H2,1H3,(H,17,18). The number of carbonyl (C=O) groups is 1. The Morgan fingerprint density at radius 1 is 1.44 bits per heavy atom. The third kappa shape index (κ3) is 4.77. The Hall–Kier alpha value is -1.53. The van der Waals surface area contributed by atoms with E-state index in [9.17, 15) is 18.7 Å². The lowest BCUT2D eigenvalue weighted by Gasteiger charge is -2.19. The fourth-order valence-electron chi connectivity index (χ4n) is 1.63. The van der Waals surface area contributed by atoms with Crippen molar-refractivity contribution in [1.82, 2.24) is 4.90 Å². The van der Waals surface area contributed by atoms with Gasteiger partial charge in [-0.15, -0.1) is 0 Å². The number of rotatable bonds is 6. The van der Waals surface area contributed by atoms with Gasteiger partial charge in [0.1, 0.15) is 11.6 Å². The van der Waals surface area contributed by atoms with E-state index in [-0.39, 0.29) is 19.5 Å². The molecule has 0 aliphatic heterocycles. The summed E-state index contributed by atoms with van der Waals surface area (Å²) in [6.45, 7) is 0.270. The zero-order valence-corrected chi connectivity index (χ0v) is 9.94. The van der Waals surface area contributed by atoms with E-state index in [0.29, 0.717) is 5.56 Å². The quantitative estimate of drug-likeness (QED) is 0.806. The number of aliphatic hydroxyl groups excluding tert-OH is 1. The summed E-state index contributed by atoms with van der Waals surface area (Å²) in [7, 11) is 1.62. The van der Waals surface area contributed by atoms with Gasteiger partial charge in [-0.2, -0.15) is 0 Å². The van der Waals surface area contributed by atoms with E-state index in [1.807, 2.05) is 0 Å². The zero-order chi connectivity index (χ0) is 13.7. The molecule has 1 atom stereocenters. The highest BCUT2D eigenvalue weighted by molar-refractivity contribution is 5.67. The van der Waals surface area contributed by atoms with Crippen LogP contribution in [0, 0.1) is 11.6 Å². The Bertz CT molecular complexity index is 426. The highest BCUT2D eigenvalue weighted by Gasteiger charge is 2.13. The number of likely N-dealkylation sites (N-methyl/N-ethyl adjacent to an activating group) is 1. The summed E-state index contributed by atoms with van der Waals surface area (Å²) in [5.41, 5.74) is 0.293. The Balaban J connectivity index is 2.53. The number of aliphatic hydroxyl groups is 1. The van der Waals surface area contributed by atoms with Gasteiger partial charge in [-0.05, 0) is 13.1 Å². The molecule has 0 heterocycles. The molecule has 0 aliphatic carbocycles. The smallest absolute Gasteiger partial charge is 0.306 e. The average Bonchev–Trinajstić information content (AvgIpc) is 2.20. The van der Waals surface area contributed by atoms with Gasteiger partial charge in [0.2, 0.25) is 0 Å². The van der Waals surface area contributed by atoms with E-state index in [0.717, 1.165) is 12.1 Å². The molecule has 0 saturated carbocycles. The van der Waals surface area contributed by atoms with Gasteiger partial charge in [-0.3, -0.25) is 9.69 Å². The Kier molecular flexibility index (Phi) is 5.18. The molecule has 2 N–H and O–H groups in total. The number of benzene rings is 1. The van der Waals surface area contributed by atoms with Gasteiger partial charge in [0.05, 0.1) is 12.5 Å². The minimum atomic E-state index is -1.09. The summed E-state index contributed by atoms with van der Waals surface area (Å²) < 4.78 is 26.0. The highest BCUT2D eigenvalue weighted by Crippen LogP contribution is 2.11. The van der Waals surface area contributed by atoms with E-state index in [2.05, 4.69) is 0 Å². The van der Waals surface area contributed by atoms with Gasteiger partial charge in [0.25, 0.3) is 0 Å². The van der Waals surface area contributed by atoms with E-state index in [4.69, 9.17) is 5.11 Å². The van der Waals surface area contributed by atoms with E-state index in [1.54, 1.807) is 11.9 Å². The molecule has 0 saturated heterocycles. The van der Waals surface area contributed by atoms with Crippen LogP contribution in [-0.4, -0.2) is 40.8 Å². The summed E-state index contributed by atoms with van der Waals surface area (Å²) >= 11 is 0. The maximum absolute atomic E-state index is 13.3. The maximum atomic E-state index is 13.3. The molecule has 100 valence electrons. The molecule has 0 aliphatic rings. The van der Waals surface area contributed by atoms with Crippen molar-refractivity contribution < 1.29 is 23.8 Å². The monoisotopic (exact) mass is 259 g/mol. The van der Waals surface area contributed by atoms with Crippen molar-refractivity contribution in [3.05, 3.63) is 35.4 Å². The summed E-state index contributed by atoms with van der Waals surface area (Å²) in [4.78, 5) is 11.9. The van der Waals surface area contributed by atoms with Crippen LogP contribution in [-0.2, 0) is 11.3 Å². The van der Waals surface area contributed by atoms with E-state index >= 15 is 0 Å². The number of halogens is 2. The first-order chi connectivity index (χ1) is 8.38. The molecule has 6 heteroatoms. The van der Waals surface area contributed by atoms with Crippen molar-refractivity contribution in [2.45, 2.75) is 19.1 Å². The average molecular weight is 259 g/mol. The lowest BCUT2D eigenvalue weighted by Crippen LogP contribution is -2.30. The van der Waals surface area contributed by atoms with Crippen LogP contribution in [0.25, 0.3) is 0 Å². The fraction of sp³-hybridized carbons (Fsp3) is 0.417. The number of hydrogen-bond acceptors (Lipinski definition) is 3. The molecule has 1 rings (SSSR count). The predicted octanol–water partition coefficient (Wildman–Crippen LogP) is 1.23. The zero-order valence-electron chi connectivity index (χ0n) is 9.94. The largest absolute Gasteiger partial charge is 0.481 e. The molecular weight excluding hydrogens is 244 g/mol.